The van der Waals surface area contributed by atoms with Crippen LogP contribution in [0.2, 0.25) is 0 Å². The number of aryl methyl sites for hydroxylation is 2. The van der Waals surface area contributed by atoms with Gasteiger partial charge in [0, 0.05) is 11.4 Å². The fourth-order valence-electron chi connectivity index (χ4n) is 4.42. The molecule has 6 heteroatoms. The van der Waals surface area contributed by atoms with E-state index < -0.39 is 5.97 Å². The van der Waals surface area contributed by atoms with Gasteiger partial charge in [0.05, 0.1) is 11.3 Å². The lowest BCUT2D eigenvalue weighted by atomic mass is 9.85. The highest BCUT2D eigenvalue weighted by Crippen LogP contribution is 2.36. The molecule has 0 radical (unpaired) electrons. The molecule has 0 unspecified atom stereocenters. The van der Waals surface area contributed by atoms with Crippen LogP contribution < -0.4 is 10.1 Å². The summed E-state index contributed by atoms with van der Waals surface area (Å²) in [6.45, 7) is 13.2. The summed E-state index contributed by atoms with van der Waals surface area (Å²) in [5.41, 5.74) is 6.20. The summed E-state index contributed by atoms with van der Waals surface area (Å²) in [6.07, 6.45) is 2.67. The van der Waals surface area contributed by atoms with E-state index in [0.29, 0.717) is 4.88 Å². The number of benzene rings is 2. The number of unbranched alkanes of at least 4 members (excludes halogenated alkanes) is 1. The fraction of sp³-hybridized carbons (Fsp3) is 0.419. The molecule has 0 fully saturated rings. The summed E-state index contributed by atoms with van der Waals surface area (Å²) in [7, 11) is 0. The van der Waals surface area contributed by atoms with Crippen molar-refractivity contribution in [3.8, 4) is 16.9 Å². The largest absolute Gasteiger partial charge is 0.485 e. The molecule has 0 aliphatic heterocycles. The third kappa shape index (κ3) is 7.68. The van der Waals surface area contributed by atoms with Crippen molar-refractivity contribution in [1.82, 2.24) is 5.32 Å². The SMILES string of the molecule is CCCC[C@@H](Oc1cc(C)c(-c2ccc(C(C)(C)C)cc2)c(C)c1)c1ccc(C(=O)NCCC(=O)O)s1. The van der Waals surface area contributed by atoms with E-state index in [4.69, 9.17) is 9.84 Å². The van der Waals surface area contributed by atoms with E-state index in [0.717, 1.165) is 41.0 Å². The predicted octanol–water partition coefficient (Wildman–Crippen LogP) is 7.84. The van der Waals surface area contributed by atoms with Crippen LogP contribution in [-0.2, 0) is 10.2 Å². The lowest BCUT2D eigenvalue weighted by Crippen LogP contribution is -2.25. The quantitative estimate of drug-likeness (QED) is 0.269. The fourth-order valence-corrected chi connectivity index (χ4v) is 5.40. The van der Waals surface area contributed by atoms with Gasteiger partial charge in [0.15, 0.2) is 0 Å². The van der Waals surface area contributed by atoms with Gasteiger partial charge in [-0.2, -0.15) is 0 Å². The molecule has 0 saturated carbocycles. The second-order valence-electron chi connectivity index (χ2n) is 10.6. The zero-order chi connectivity index (χ0) is 27.2. The maximum atomic E-state index is 12.4. The van der Waals surface area contributed by atoms with Gasteiger partial charge in [0.2, 0.25) is 0 Å². The number of rotatable bonds is 11. The van der Waals surface area contributed by atoms with Crippen molar-refractivity contribution >= 4 is 23.2 Å². The van der Waals surface area contributed by atoms with Crippen LogP contribution in [0.4, 0.5) is 0 Å². The molecule has 198 valence electrons. The average molecular weight is 522 g/mol. The number of nitrogens with one attached hydrogen (secondary N) is 1. The molecule has 1 heterocycles. The molecular weight excluding hydrogens is 482 g/mol. The summed E-state index contributed by atoms with van der Waals surface area (Å²) in [5.74, 6) is -0.356. The minimum atomic E-state index is -0.932. The van der Waals surface area contributed by atoms with Crippen LogP contribution in [0.1, 0.15) is 90.7 Å². The second-order valence-corrected chi connectivity index (χ2v) is 11.7. The minimum absolute atomic E-state index is 0.0956. The van der Waals surface area contributed by atoms with E-state index in [1.807, 2.05) is 6.07 Å². The first-order valence-electron chi connectivity index (χ1n) is 13.0. The third-order valence-corrected chi connectivity index (χ3v) is 7.61. The zero-order valence-corrected chi connectivity index (χ0v) is 23.6. The lowest BCUT2D eigenvalue weighted by molar-refractivity contribution is -0.136. The van der Waals surface area contributed by atoms with Gasteiger partial charge in [0.25, 0.3) is 5.91 Å². The number of aliphatic carboxylic acids is 1. The summed E-state index contributed by atoms with van der Waals surface area (Å²) >= 11 is 1.40. The highest BCUT2D eigenvalue weighted by atomic mass is 32.1. The summed E-state index contributed by atoms with van der Waals surface area (Å²) in [4.78, 5) is 24.7. The van der Waals surface area contributed by atoms with E-state index >= 15 is 0 Å². The number of hydrogen-bond donors (Lipinski definition) is 2. The van der Waals surface area contributed by atoms with Crippen molar-refractivity contribution in [2.45, 2.75) is 78.7 Å². The van der Waals surface area contributed by atoms with Crippen molar-refractivity contribution in [2.24, 2.45) is 0 Å². The molecule has 0 bridgehead atoms. The number of ether oxygens (including phenoxy) is 1. The van der Waals surface area contributed by atoms with Gasteiger partial charge in [-0.15, -0.1) is 11.3 Å². The maximum Gasteiger partial charge on any atom is 0.305 e. The first-order chi connectivity index (χ1) is 17.5. The number of carboxylic acid groups (broad SMARTS) is 1. The normalized spacial score (nSPS) is 12.3. The number of hydrogen-bond acceptors (Lipinski definition) is 4. The molecule has 2 N–H and O–H groups in total. The van der Waals surface area contributed by atoms with Crippen LogP contribution in [0, 0.1) is 13.8 Å². The molecule has 1 atom stereocenters. The summed E-state index contributed by atoms with van der Waals surface area (Å²) in [5, 5.41) is 11.5. The molecule has 5 nitrogen and oxygen atoms in total. The number of carbonyl (C=O) groups is 2. The van der Waals surface area contributed by atoms with Crippen molar-refractivity contribution in [2.75, 3.05) is 6.54 Å². The molecule has 3 aromatic rings. The molecular formula is C31H39NO4S. The molecule has 1 aromatic heterocycles. The first kappa shape index (κ1) is 28.5. The highest BCUT2D eigenvalue weighted by molar-refractivity contribution is 7.14. The lowest BCUT2D eigenvalue weighted by Gasteiger charge is -2.21. The topological polar surface area (TPSA) is 75.6 Å². The molecule has 0 aliphatic carbocycles. The van der Waals surface area contributed by atoms with Crippen LogP contribution in [0.25, 0.3) is 11.1 Å². The van der Waals surface area contributed by atoms with Gasteiger partial charge in [-0.25, -0.2) is 0 Å². The summed E-state index contributed by atoms with van der Waals surface area (Å²) < 4.78 is 6.53. The standard InChI is InChI=1S/C31H39NO4S/c1-7-8-9-25(26-14-15-27(37-26)30(35)32-17-16-28(33)34)36-24-18-20(2)29(21(3)19-24)22-10-12-23(13-11-22)31(4,5)6/h10-15,18-19,25H,7-9,16-17H2,1-6H3,(H,32,35)(H,33,34)/t25-/m1/s1. The molecule has 1 amide bonds. The van der Waals surface area contributed by atoms with Gasteiger partial charge in [0.1, 0.15) is 11.9 Å². The molecule has 3 rings (SSSR count). The Labute approximate surface area is 224 Å². The number of amides is 1. The maximum absolute atomic E-state index is 12.4. The second kappa shape index (κ2) is 12.4. The number of carbonyl (C=O) groups excluding carboxylic acids is 1. The number of carboxylic acids is 1. The highest BCUT2D eigenvalue weighted by Gasteiger charge is 2.20. The van der Waals surface area contributed by atoms with Crippen LogP contribution in [0.15, 0.2) is 48.5 Å². The summed E-state index contributed by atoms with van der Waals surface area (Å²) in [6, 6.07) is 16.8. The van der Waals surface area contributed by atoms with Crippen LogP contribution in [-0.4, -0.2) is 23.5 Å². The van der Waals surface area contributed by atoms with Crippen LogP contribution in [0.5, 0.6) is 5.75 Å². The van der Waals surface area contributed by atoms with E-state index in [1.165, 1.54) is 28.0 Å². The Bertz CT molecular complexity index is 1200. The Morgan fingerprint density at radius 1 is 1.03 bits per heavy atom. The first-order valence-corrected chi connectivity index (χ1v) is 13.8. The van der Waals surface area contributed by atoms with Crippen LogP contribution >= 0.6 is 11.3 Å². The average Bonchev–Trinajstić information content (AvgIpc) is 3.31. The van der Waals surface area contributed by atoms with Gasteiger partial charge in [-0.1, -0.05) is 58.4 Å². The Morgan fingerprint density at radius 2 is 1.68 bits per heavy atom. The molecule has 0 aliphatic rings. The molecule has 2 aromatic carbocycles. The molecule has 0 saturated heterocycles. The van der Waals surface area contributed by atoms with Crippen LogP contribution in [0.3, 0.4) is 0 Å². The number of thiophene rings is 1. The monoisotopic (exact) mass is 521 g/mol. The Kier molecular flexibility index (Phi) is 9.55. The smallest absolute Gasteiger partial charge is 0.305 e. The third-order valence-electron chi connectivity index (χ3n) is 6.44. The van der Waals surface area contributed by atoms with E-state index in [1.54, 1.807) is 6.07 Å². The molecule has 37 heavy (non-hydrogen) atoms. The van der Waals surface area contributed by atoms with E-state index in [2.05, 4.69) is 83.3 Å². The van der Waals surface area contributed by atoms with Crippen molar-refractivity contribution in [3.05, 3.63) is 75.0 Å². The van der Waals surface area contributed by atoms with Gasteiger partial charge < -0.3 is 15.2 Å². The van der Waals surface area contributed by atoms with Gasteiger partial charge >= 0.3 is 5.97 Å². The molecule has 0 spiro atoms. The van der Waals surface area contributed by atoms with Gasteiger partial charge in [-0.3, -0.25) is 9.59 Å². The minimum Gasteiger partial charge on any atom is -0.485 e. The predicted molar refractivity (Wildman–Crippen MR) is 152 cm³/mol. The Morgan fingerprint density at radius 3 is 2.24 bits per heavy atom. The van der Waals surface area contributed by atoms with E-state index in [-0.39, 0.29) is 30.4 Å². The van der Waals surface area contributed by atoms with Crippen molar-refractivity contribution in [3.63, 3.8) is 0 Å². The zero-order valence-electron chi connectivity index (χ0n) is 22.8. The van der Waals surface area contributed by atoms with E-state index in [9.17, 15) is 9.59 Å². The Balaban J connectivity index is 1.80. The Hall–Kier alpha value is -3.12. The van der Waals surface area contributed by atoms with Crippen molar-refractivity contribution < 1.29 is 19.4 Å². The van der Waals surface area contributed by atoms with Crippen molar-refractivity contribution in [1.29, 1.82) is 0 Å². The van der Waals surface area contributed by atoms with Gasteiger partial charge in [-0.05, 0) is 84.2 Å².